The first kappa shape index (κ1) is 10.2. The zero-order chi connectivity index (χ0) is 9.68. The minimum absolute atomic E-state index is 0.185. The Bertz CT molecular complexity index is 260. The van der Waals surface area contributed by atoms with E-state index in [2.05, 4.69) is 17.3 Å². The fourth-order valence-corrected chi connectivity index (χ4v) is 1.36. The van der Waals surface area contributed by atoms with E-state index in [4.69, 9.17) is 5.84 Å². The van der Waals surface area contributed by atoms with Crippen LogP contribution in [0.2, 0.25) is 0 Å². The molecule has 1 atom stereocenters. The summed E-state index contributed by atoms with van der Waals surface area (Å²) in [6, 6.07) is 6.19. The smallest absolute Gasteiger partial charge is 0.0632 e. The van der Waals surface area contributed by atoms with E-state index in [-0.39, 0.29) is 6.04 Å². The van der Waals surface area contributed by atoms with E-state index in [0.717, 1.165) is 24.2 Å². The molecule has 0 saturated carbocycles. The summed E-state index contributed by atoms with van der Waals surface area (Å²) in [6.45, 7) is 4.13. The molecule has 1 aromatic rings. The summed E-state index contributed by atoms with van der Waals surface area (Å²) in [7, 11) is 0. The minimum atomic E-state index is 0.185. The Balaban J connectivity index is 2.78. The number of hydrogen-bond donors (Lipinski definition) is 2. The molecule has 0 aromatic carbocycles. The normalized spacial score (nSPS) is 12.8. The maximum atomic E-state index is 5.45. The molecule has 0 spiro atoms. The molecule has 1 heterocycles. The highest BCUT2D eigenvalue weighted by molar-refractivity contribution is 5.13. The summed E-state index contributed by atoms with van der Waals surface area (Å²) in [5.74, 6) is 5.45. The number of hydrogen-bond acceptors (Lipinski definition) is 3. The summed E-state index contributed by atoms with van der Waals surface area (Å²) >= 11 is 0. The molecule has 0 aliphatic rings. The average molecular weight is 179 g/mol. The Morgan fingerprint density at radius 2 is 2.31 bits per heavy atom. The van der Waals surface area contributed by atoms with Gasteiger partial charge < -0.3 is 0 Å². The number of nitrogens with zero attached hydrogens (tertiary/aromatic N) is 1. The van der Waals surface area contributed by atoms with E-state index in [1.807, 2.05) is 25.1 Å². The summed E-state index contributed by atoms with van der Waals surface area (Å²) in [5.41, 5.74) is 4.85. The topological polar surface area (TPSA) is 50.9 Å². The maximum Gasteiger partial charge on any atom is 0.0632 e. The largest absolute Gasteiger partial charge is 0.271 e. The SMILES string of the molecule is CCCC(NN)c1cccc(C)n1. The third-order valence-electron chi connectivity index (χ3n) is 2.05. The molecule has 13 heavy (non-hydrogen) atoms. The highest BCUT2D eigenvalue weighted by Gasteiger charge is 2.08. The van der Waals surface area contributed by atoms with Gasteiger partial charge in [0.1, 0.15) is 0 Å². The van der Waals surface area contributed by atoms with E-state index in [1.54, 1.807) is 0 Å². The predicted octanol–water partition coefficient (Wildman–Crippen LogP) is 1.69. The van der Waals surface area contributed by atoms with Crippen LogP contribution in [0.4, 0.5) is 0 Å². The van der Waals surface area contributed by atoms with Gasteiger partial charge in [-0.3, -0.25) is 16.3 Å². The summed E-state index contributed by atoms with van der Waals surface area (Å²) in [5, 5.41) is 0. The van der Waals surface area contributed by atoms with Gasteiger partial charge in [-0.25, -0.2) is 0 Å². The fourth-order valence-electron chi connectivity index (χ4n) is 1.36. The van der Waals surface area contributed by atoms with Crippen LogP contribution in [0.1, 0.15) is 37.2 Å². The monoisotopic (exact) mass is 179 g/mol. The number of nitrogens with two attached hydrogens (primary N) is 1. The zero-order valence-electron chi connectivity index (χ0n) is 8.25. The van der Waals surface area contributed by atoms with Gasteiger partial charge in [0.05, 0.1) is 11.7 Å². The van der Waals surface area contributed by atoms with Gasteiger partial charge in [-0.1, -0.05) is 19.4 Å². The van der Waals surface area contributed by atoms with Crippen LogP contribution >= 0.6 is 0 Å². The van der Waals surface area contributed by atoms with Gasteiger partial charge in [0.15, 0.2) is 0 Å². The Labute approximate surface area is 79.3 Å². The summed E-state index contributed by atoms with van der Waals surface area (Å²) < 4.78 is 0. The maximum absolute atomic E-state index is 5.45. The van der Waals surface area contributed by atoms with E-state index >= 15 is 0 Å². The first-order chi connectivity index (χ1) is 6.27. The summed E-state index contributed by atoms with van der Waals surface area (Å²) in [6.07, 6.45) is 2.12. The molecular weight excluding hydrogens is 162 g/mol. The Hall–Kier alpha value is -0.930. The summed E-state index contributed by atoms with van der Waals surface area (Å²) in [4.78, 5) is 4.42. The molecule has 0 saturated heterocycles. The van der Waals surface area contributed by atoms with Crippen LogP contribution in [0.15, 0.2) is 18.2 Å². The molecular formula is C10H17N3. The number of aromatic nitrogens is 1. The molecule has 1 unspecified atom stereocenters. The molecule has 0 amide bonds. The van der Waals surface area contributed by atoms with Crippen LogP contribution in [-0.4, -0.2) is 4.98 Å². The van der Waals surface area contributed by atoms with Gasteiger partial charge >= 0.3 is 0 Å². The van der Waals surface area contributed by atoms with Crippen molar-refractivity contribution >= 4 is 0 Å². The Kier molecular flexibility index (Phi) is 3.86. The number of hydrazine groups is 1. The van der Waals surface area contributed by atoms with Crippen molar-refractivity contribution < 1.29 is 0 Å². The molecule has 3 N–H and O–H groups in total. The van der Waals surface area contributed by atoms with E-state index in [9.17, 15) is 0 Å². The third-order valence-corrected chi connectivity index (χ3v) is 2.05. The van der Waals surface area contributed by atoms with Gasteiger partial charge in [-0.05, 0) is 25.5 Å². The van der Waals surface area contributed by atoms with Gasteiger partial charge in [0.25, 0.3) is 0 Å². The van der Waals surface area contributed by atoms with E-state index in [1.165, 1.54) is 0 Å². The van der Waals surface area contributed by atoms with Crippen molar-refractivity contribution in [3.63, 3.8) is 0 Å². The second-order valence-electron chi connectivity index (χ2n) is 3.21. The molecule has 1 rings (SSSR count). The van der Waals surface area contributed by atoms with Crippen molar-refractivity contribution in [1.82, 2.24) is 10.4 Å². The van der Waals surface area contributed by atoms with Crippen molar-refractivity contribution in [2.75, 3.05) is 0 Å². The molecule has 1 aromatic heterocycles. The molecule has 0 aliphatic carbocycles. The number of nitrogens with one attached hydrogen (secondary N) is 1. The second kappa shape index (κ2) is 4.94. The lowest BCUT2D eigenvalue weighted by Crippen LogP contribution is -2.28. The van der Waals surface area contributed by atoms with Crippen LogP contribution < -0.4 is 11.3 Å². The van der Waals surface area contributed by atoms with Crippen LogP contribution in [0, 0.1) is 6.92 Å². The quantitative estimate of drug-likeness (QED) is 0.546. The highest BCUT2D eigenvalue weighted by Crippen LogP contribution is 2.14. The van der Waals surface area contributed by atoms with Crippen molar-refractivity contribution in [2.45, 2.75) is 32.7 Å². The molecule has 72 valence electrons. The van der Waals surface area contributed by atoms with Crippen molar-refractivity contribution in [1.29, 1.82) is 0 Å². The lowest BCUT2D eigenvalue weighted by molar-refractivity contribution is 0.498. The van der Waals surface area contributed by atoms with Gasteiger partial charge in [0.2, 0.25) is 0 Å². The standard InChI is InChI=1S/C10H17N3/c1-3-5-10(13-11)9-7-4-6-8(2)12-9/h4,6-7,10,13H,3,5,11H2,1-2H3. The van der Waals surface area contributed by atoms with Crippen LogP contribution in [0.3, 0.4) is 0 Å². The molecule has 0 radical (unpaired) electrons. The minimum Gasteiger partial charge on any atom is -0.271 e. The van der Waals surface area contributed by atoms with Gasteiger partial charge in [-0.2, -0.15) is 0 Å². The number of pyridine rings is 1. The van der Waals surface area contributed by atoms with Gasteiger partial charge in [0, 0.05) is 5.69 Å². The Morgan fingerprint density at radius 3 is 2.85 bits per heavy atom. The third kappa shape index (κ3) is 2.79. The fraction of sp³-hybridized carbons (Fsp3) is 0.500. The first-order valence-corrected chi connectivity index (χ1v) is 4.67. The average Bonchev–Trinajstić information content (AvgIpc) is 2.14. The van der Waals surface area contributed by atoms with Crippen molar-refractivity contribution in [3.8, 4) is 0 Å². The van der Waals surface area contributed by atoms with Gasteiger partial charge in [-0.15, -0.1) is 0 Å². The number of aryl methyl sites for hydroxylation is 1. The Morgan fingerprint density at radius 1 is 1.54 bits per heavy atom. The number of rotatable bonds is 4. The van der Waals surface area contributed by atoms with E-state index in [0.29, 0.717) is 0 Å². The lowest BCUT2D eigenvalue weighted by atomic mass is 10.1. The van der Waals surface area contributed by atoms with E-state index < -0.39 is 0 Å². The molecule has 3 heteroatoms. The van der Waals surface area contributed by atoms with Crippen LogP contribution in [-0.2, 0) is 0 Å². The highest BCUT2D eigenvalue weighted by atomic mass is 15.2. The van der Waals surface area contributed by atoms with Crippen LogP contribution in [0.5, 0.6) is 0 Å². The first-order valence-electron chi connectivity index (χ1n) is 4.67. The molecule has 3 nitrogen and oxygen atoms in total. The van der Waals surface area contributed by atoms with Crippen molar-refractivity contribution in [2.24, 2.45) is 5.84 Å². The molecule has 0 aliphatic heterocycles. The second-order valence-corrected chi connectivity index (χ2v) is 3.21. The zero-order valence-corrected chi connectivity index (χ0v) is 8.25. The van der Waals surface area contributed by atoms with Crippen molar-refractivity contribution in [3.05, 3.63) is 29.6 Å². The lowest BCUT2D eigenvalue weighted by Gasteiger charge is -2.14. The molecule has 0 bridgehead atoms. The predicted molar refractivity (Wildman–Crippen MR) is 53.9 cm³/mol. The van der Waals surface area contributed by atoms with Crippen LogP contribution in [0.25, 0.3) is 0 Å². The molecule has 0 fully saturated rings.